The molecule has 4 aliphatic carbocycles. The van der Waals surface area contributed by atoms with Gasteiger partial charge in [-0.1, -0.05) is 67.8 Å². The first-order valence-electron chi connectivity index (χ1n) is 17.7. The van der Waals surface area contributed by atoms with Crippen LogP contribution in [0.2, 0.25) is 0 Å². The van der Waals surface area contributed by atoms with Crippen LogP contribution in [0.5, 0.6) is 0 Å². The van der Waals surface area contributed by atoms with Crippen molar-refractivity contribution in [3.63, 3.8) is 0 Å². The molecular weight excluding hydrogens is 564 g/mol. The van der Waals surface area contributed by atoms with Gasteiger partial charge in [-0.25, -0.2) is 8.93 Å². The van der Waals surface area contributed by atoms with Crippen molar-refractivity contribution in [2.45, 2.75) is 110 Å². The molecule has 0 amide bonds. The third-order valence-corrected chi connectivity index (χ3v) is 14.3. The zero-order valence-electron chi connectivity index (χ0n) is 27.5. The lowest BCUT2D eigenvalue weighted by molar-refractivity contribution is -0.116. The minimum absolute atomic E-state index is 0.0681. The molecule has 44 heavy (non-hydrogen) atoms. The Bertz CT molecular complexity index is 1340. The molecule has 2 saturated heterocycles. The predicted molar refractivity (Wildman–Crippen MR) is 178 cm³/mol. The number of rotatable bonds is 7. The molecule has 4 fully saturated rings. The van der Waals surface area contributed by atoms with E-state index in [0.29, 0.717) is 47.4 Å². The first kappa shape index (κ1) is 31.0. The topological polar surface area (TPSA) is 58.6 Å². The molecule has 2 saturated carbocycles. The van der Waals surface area contributed by atoms with E-state index in [0.717, 1.165) is 70.5 Å². The van der Waals surface area contributed by atoms with Gasteiger partial charge in [-0.05, 0) is 105 Å². The number of ether oxygens (including phenoxy) is 1. The molecule has 0 radical (unpaired) electrons. The van der Waals surface area contributed by atoms with Crippen molar-refractivity contribution in [3.8, 4) is 0 Å². The number of benzene rings is 1. The monoisotopic (exact) mass is 618 g/mol. The molecule has 7 rings (SSSR count). The summed E-state index contributed by atoms with van der Waals surface area (Å²) in [6.45, 7) is 12.6. The number of nitrogens with one attached hydrogen (secondary N) is 1. The van der Waals surface area contributed by atoms with E-state index >= 15 is 0 Å². The van der Waals surface area contributed by atoms with Crippen LogP contribution < -0.4 is 4.72 Å². The molecule has 10 atom stereocenters. The molecule has 0 aromatic heterocycles. The Morgan fingerprint density at radius 1 is 1.11 bits per heavy atom. The van der Waals surface area contributed by atoms with Crippen LogP contribution in [0.4, 0.5) is 0 Å². The molecule has 240 valence electrons. The van der Waals surface area contributed by atoms with Gasteiger partial charge in [-0.15, -0.1) is 0 Å². The number of aryl methyl sites for hydroxylation is 1. The highest BCUT2D eigenvalue weighted by Gasteiger charge is 2.59. The van der Waals surface area contributed by atoms with Crippen LogP contribution in [-0.4, -0.2) is 58.0 Å². The van der Waals surface area contributed by atoms with Gasteiger partial charge in [0, 0.05) is 43.8 Å². The molecule has 1 unspecified atom stereocenters. The summed E-state index contributed by atoms with van der Waals surface area (Å²) in [4.78, 5) is 15.0. The summed E-state index contributed by atoms with van der Waals surface area (Å²) >= 11 is 0. The zero-order valence-corrected chi connectivity index (χ0v) is 28.3. The highest BCUT2D eigenvalue weighted by atomic mass is 32.2. The number of hydrogen-bond acceptors (Lipinski definition) is 4. The summed E-state index contributed by atoms with van der Waals surface area (Å²) in [7, 11) is -1.01. The molecule has 6 heteroatoms. The number of likely N-dealkylation sites (tertiary alicyclic amines) is 1. The minimum Gasteiger partial charge on any atom is -0.369 e. The van der Waals surface area contributed by atoms with Crippen molar-refractivity contribution < 1.29 is 13.7 Å². The van der Waals surface area contributed by atoms with Crippen LogP contribution in [-0.2, 0) is 26.9 Å². The number of fused-ring (bicyclic) bond motifs is 6. The van der Waals surface area contributed by atoms with Gasteiger partial charge in [0.2, 0.25) is 0 Å². The Kier molecular flexibility index (Phi) is 8.61. The Labute approximate surface area is 268 Å². The average Bonchev–Trinajstić information content (AvgIpc) is 3.47. The number of ketones is 1. The maximum absolute atomic E-state index is 12.8. The fourth-order valence-electron chi connectivity index (χ4n) is 11.0. The Morgan fingerprint density at radius 3 is 2.75 bits per heavy atom. The molecule has 1 aromatic rings. The van der Waals surface area contributed by atoms with Crippen LogP contribution >= 0.6 is 0 Å². The van der Waals surface area contributed by atoms with Crippen molar-refractivity contribution in [3.05, 3.63) is 58.7 Å². The third kappa shape index (κ3) is 5.54. The fourth-order valence-corrected chi connectivity index (χ4v) is 11.9. The second-order valence-electron chi connectivity index (χ2n) is 15.7. The summed E-state index contributed by atoms with van der Waals surface area (Å²) in [6, 6.07) is 10.8. The fraction of sp³-hybridized carbons (Fsp3) is 0.711. The van der Waals surface area contributed by atoms with Crippen LogP contribution in [0.25, 0.3) is 0 Å². The van der Waals surface area contributed by atoms with Crippen LogP contribution in [0.15, 0.2) is 53.1 Å². The number of hydrogen-bond donors (Lipinski definition) is 1. The Hall–Kier alpha value is -1.60. The van der Waals surface area contributed by atoms with E-state index < -0.39 is 11.0 Å². The van der Waals surface area contributed by atoms with Gasteiger partial charge in [-0.3, -0.25) is 9.69 Å². The van der Waals surface area contributed by atoms with E-state index in [1.54, 1.807) is 11.1 Å². The Balaban J connectivity index is 1.02. The van der Waals surface area contributed by atoms with Gasteiger partial charge in [0.1, 0.15) is 0 Å². The molecule has 2 aliphatic heterocycles. The van der Waals surface area contributed by atoms with Crippen LogP contribution in [0, 0.1) is 35.0 Å². The van der Waals surface area contributed by atoms with Gasteiger partial charge in [0.15, 0.2) is 5.78 Å². The lowest BCUT2D eigenvalue weighted by Crippen LogP contribution is -2.53. The summed E-state index contributed by atoms with van der Waals surface area (Å²) in [5.41, 5.74) is 6.23. The number of piperidine rings is 1. The summed E-state index contributed by atoms with van der Waals surface area (Å²) in [5, 5.41) is 0. The highest BCUT2D eigenvalue weighted by molar-refractivity contribution is 7.83. The van der Waals surface area contributed by atoms with E-state index in [4.69, 9.17) is 4.74 Å². The van der Waals surface area contributed by atoms with E-state index in [2.05, 4.69) is 61.6 Å². The van der Waals surface area contributed by atoms with Crippen LogP contribution in [0.1, 0.15) is 91.0 Å². The molecule has 0 bridgehead atoms. The van der Waals surface area contributed by atoms with Crippen molar-refractivity contribution in [2.24, 2.45) is 35.0 Å². The SMILES string of the molecule is CC1=C2C[C@H]3[C@@H](CCC4=CC(=O)CC[C@@]43C)[C@@H]2CC[C@@]2(C1)O[C@@H]1C[C@H](C)CN(CCNS(=O)CCc3ccccc3)[C@H]1[C@H]2C. The minimum atomic E-state index is -1.01. The number of nitrogens with zero attached hydrogens (tertiary/aromatic N) is 1. The average molecular weight is 619 g/mol. The third-order valence-electron chi connectivity index (χ3n) is 13.2. The van der Waals surface area contributed by atoms with Gasteiger partial charge in [0.05, 0.1) is 22.7 Å². The molecule has 5 nitrogen and oxygen atoms in total. The van der Waals surface area contributed by atoms with E-state index in [9.17, 15) is 9.00 Å². The standard InChI is InChI=1S/C38H54N2O3S/c1-25-20-35-36(40(24-25)18-17-39-44(42)19-14-28-8-6-5-7-9-28)27(3)38(43-35)16-13-31-32-11-10-29-21-30(41)12-15-37(29,4)34(32)22-33(31)26(2)23-38/h5-9,21,25,27,31-32,34-36,39H,10-20,22-24H2,1-4H3/t25-,27+,31-,32-,34-,35+,36-,37-,38-,44?/m0/s1. The lowest BCUT2D eigenvalue weighted by atomic mass is 9.56. The quantitative estimate of drug-likeness (QED) is 0.341. The van der Waals surface area contributed by atoms with Crippen LogP contribution in [0.3, 0.4) is 0 Å². The van der Waals surface area contributed by atoms with Gasteiger partial charge >= 0.3 is 0 Å². The zero-order chi connectivity index (χ0) is 30.6. The van der Waals surface area contributed by atoms with Crippen molar-refractivity contribution in [1.82, 2.24) is 9.62 Å². The van der Waals surface area contributed by atoms with E-state index in [1.807, 2.05) is 12.1 Å². The van der Waals surface area contributed by atoms with Gasteiger partial charge in [0.25, 0.3) is 0 Å². The van der Waals surface area contributed by atoms with E-state index in [-0.39, 0.29) is 11.0 Å². The predicted octanol–water partition coefficient (Wildman–Crippen LogP) is 6.81. The van der Waals surface area contributed by atoms with E-state index in [1.165, 1.54) is 30.4 Å². The number of allylic oxidation sites excluding steroid dienone is 3. The molecule has 2 heterocycles. The molecule has 1 spiro atoms. The van der Waals surface area contributed by atoms with Crippen molar-refractivity contribution in [2.75, 3.05) is 25.4 Å². The smallest absolute Gasteiger partial charge is 0.155 e. The maximum atomic E-state index is 12.8. The summed E-state index contributed by atoms with van der Waals surface area (Å²) in [6.07, 6.45) is 13.2. The lowest BCUT2D eigenvalue weighted by Gasteiger charge is -2.48. The van der Waals surface area contributed by atoms with Gasteiger partial charge in [-0.2, -0.15) is 0 Å². The molecule has 6 aliphatic rings. The van der Waals surface area contributed by atoms with Crippen molar-refractivity contribution in [1.29, 1.82) is 0 Å². The first-order valence-corrected chi connectivity index (χ1v) is 19.0. The van der Waals surface area contributed by atoms with Gasteiger partial charge < -0.3 is 4.74 Å². The highest BCUT2D eigenvalue weighted by Crippen LogP contribution is 2.64. The summed E-state index contributed by atoms with van der Waals surface area (Å²) in [5.74, 6) is 4.25. The largest absolute Gasteiger partial charge is 0.369 e. The number of carbonyl (C=O) groups is 1. The Morgan fingerprint density at radius 2 is 1.93 bits per heavy atom. The second kappa shape index (κ2) is 12.2. The normalized spacial score (nSPS) is 41.0. The molecular formula is C38H54N2O3S. The molecule has 1 aromatic carbocycles. The maximum Gasteiger partial charge on any atom is 0.155 e. The van der Waals surface area contributed by atoms with Crippen molar-refractivity contribution >= 4 is 16.8 Å². The second-order valence-corrected chi connectivity index (χ2v) is 17.1. The first-order chi connectivity index (χ1) is 21.2. The number of carbonyl (C=O) groups excluding carboxylic acids is 1. The molecule has 1 N–H and O–H groups in total. The summed E-state index contributed by atoms with van der Waals surface area (Å²) < 4.78 is 23.4.